The molecule has 0 atom stereocenters. The summed E-state index contributed by atoms with van der Waals surface area (Å²) in [5.41, 5.74) is 1.94. The van der Waals surface area contributed by atoms with Gasteiger partial charge in [0.25, 0.3) is 0 Å². The Labute approximate surface area is 171 Å². The molecule has 3 aromatic rings. The van der Waals surface area contributed by atoms with Crippen LogP contribution in [0.25, 0.3) is 10.8 Å². The van der Waals surface area contributed by atoms with Gasteiger partial charge < -0.3 is 9.47 Å². The van der Waals surface area contributed by atoms with Gasteiger partial charge in [0.2, 0.25) is 0 Å². The second-order valence-corrected chi connectivity index (χ2v) is 7.11. The van der Waals surface area contributed by atoms with Gasteiger partial charge in [-0.15, -0.1) is 0 Å². The predicted molar refractivity (Wildman–Crippen MR) is 114 cm³/mol. The molecule has 3 rings (SSSR count). The number of rotatable bonds is 8. The van der Waals surface area contributed by atoms with Gasteiger partial charge in [0, 0.05) is 0 Å². The van der Waals surface area contributed by atoms with Crippen molar-refractivity contribution < 1.29 is 14.3 Å². The Bertz CT molecular complexity index is 1050. The molecule has 0 aliphatic rings. The highest BCUT2D eigenvalue weighted by atomic mass is 16.5. The van der Waals surface area contributed by atoms with Crippen LogP contribution < -0.4 is 9.47 Å². The van der Waals surface area contributed by atoms with Crippen LogP contribution in [-0.4, -0.2) is 12.6 Å². The maximum absolute atomic E-state index is 12.6. The number of hydrogen-bond donors (Lipinski definition) is 0. The molecule has 0 aliphatic carbocycles. The van der Waals surface area contributed by atoms with E-state index in [1.165, 1.54) is 19.3 Å². The van der Waals surface area contributed by atoms with E-state index in [1.54, 1.807) is 24.3 Å². The average molecular weight is 387 g/mol. The van der Waals surface area contributed by atoms with E-state index in [1.807, 2.05) is 37.3 Å². The molecule has 148 valence electrons. The van der Waals surface area contributed by atoms with Crippen LogP contribution in [0.4, 0.5) is 0 Å². The molecule has 3 aromatic carbocycles. The molecule has 0 N–H and O–H groups in total. The highest BCUT2D eigenvalue weighted by Gasteiger charge is 2.13. The van der Waals surface area contributed by atoms with Crippen molar-refractivity contribution in [3.05, 3.63) is 71.3 Å². The van der Waals surface area contributed by atoms with E-state index in [4.69, 9.17) is 14.7 Å². The Morgan fingerprint density at radius 1 is 0.931 bits per heavy atom. The molecule has 0 spiro atoms. The molecule has 4 heteroatoms. The van der Waals surface area contributed by atoms with Crippen molar-refractivity contribution in [2.45, 2.75) is 39.5 Å². The zero-order valence-electron chi connectivity index (χ0n) is 16.9. The largest absolute Gasteiger partial charge is 0.494 e. The molecule has 0 radical (unpaired) electrons. The Kier molecular flexibility index (Phi) is 6.86. The Morgan fingerprint density at radius 2 is 1.69 bits per heavy atom. The SMILES string of the molecule is CCCCCCOc1ccc(C(=O)Oc2ccc3cc(C#N)ccc3c2)c(C)c1. The zero-order valence-corrected chi connectivity index (χ0v) is 16.9. The fraction of sp³-hybridized carbons (Fsp3) is 0.280. The number of aryl methyl sites for hydroxylation is 1. The first kappa shape index (κ1) is 20.4. The van der Waals surface area contributed by atoms with Crippen LogP contribution in [-0.2, 0) is 0 Å². The lowest BCUT2D eigenvalue weighted by molar-refractivity contribution is 0.0734. The number of hydrogen-bond acceptors (Lipinski definition) is 4. The molecule has 4 nitrogen and oxygen atoms in total. The summed E-state index contributed by atoms with van der Waals surface area (Å²) in [7, 11) is 0. The van der Waals surface area contributed by atoms with Crippen LogP contribution in [0.3, 0.4) is 0 Å². The molecule has 0 amide bonds. The van der Waals surface area contributed by atoms with Gasteiger partial charge in [-0.25, -0.2) is 4.79 Å². The summed E-state index contributed by atoms with van der Waals surface area (Å²) >= 11 is 0. The van der Waals surface area contributed by atoms with Crippen LogP contribution in [0.15, 0.2) is 54.6 Å². The topological polar surface area (TPSA) is 59.3 Å². The van der Waals surface area contributed by atoms with E-state index in [-0.39, 0.29) is 0 Å². The van der Waals surface area contributed by atoms with Crippen molar-refractivity contribution in [3.8, 4) is 17.6 Å². The number of ether oxygens (including phenoxy) is 2. The Morgan fingerprint density at radius 3 is 2.45 bits per heavy atom. The molecular weight excluding hydrogens is 362 g/mol. The van der Waals surface area contributed by atoms with E-state index < -0.39 is 5.97 Å². The lowest BCUT2D eigenvalue weighted by Gasteiger charge is -2.11. The van der Waals surface area contributed by atoms with Gasteiger partial charge in [0.15, 0.2) is 0 Å². The van der Waals surface area contributed by atoms with Gasteiger partial charge in [-0.05, 0) is 72.1 Å². The minimum Gasteiger partial charge on any atom is -0.494 e. The fourth-order valence-electron chi connectivity index (χ4n) is 3.19. The van der Waals surface area contributed by atoms with Gasteiger partial charge in [-0.1, -0.05) is 38.3 Å². The summed E-state index contributed by atoms with van der Waals surface area (Å²) in [6, 6.07) is 18.4. The van der Waals surface area contributed by atoms with E-state index in [0.717, 1.165) is 28.5 Å². The molecule has 0 bridgehead atoms. The van der Waals surface area contributed by atoms with Gasteiger partial charge in [-0.3, -0.25) is 0 Å². The highest BCUT2D eigenvalue weighted by Crippen LogP contribution is 2.24. The molecular formula is C25H25NO3. The summed E-state index contributed by atoms with van der Waals surface area (Å²) in [4.78, 5) is 12.6. The van der Waals surface area contributed by atoms with Gasteiger partial charge in [0.05, 0.1) is 23.8 Å². The molecule has 0 aliphatic heterocycles. The fourth-order valence-corrected chi connectivity index (χ4v) is 3.19. The van der Waals surface area contributed by atoms with E-state index in [2.05, 4.69) is 13.0 Å². The number of esters is 1. The second-order valence-electron chi connectivity index (χ2n) is 7.11. The maximum Gasteiger partial charge on any atom is 0.343 e. The maximum atomic E-state index is 12.6. The monoisotopic (exact) mass is 387 g/mol. The van der Waals surface area contributed by atoms with Gasteiger partial charge in [0.1, 0.15) is 11.5 Å². The molecule has 29 heavy (non-hydrogen) atoms. The highest BCUT2D eigenvalue weighted by molar-refractivity contribution is 5.93. The minimum atomic E-state index is -0.398. The summed E-state index contributed by atoms with van der Waals surface area (Å²) in [6.07, 6.45) is 4.63. The first-order valence-corrected chi connectivity index (χ1v) is 10.00. The molecule has 0 saturated heterocycles. The number of unbranched alkanes of at least 4 members (excludes halogenated alkanes) is 3. The average Bonchev–Trinajstić information content (AvgIpc) is 2.73. The van der Waals surface area contributed by atoms with Gasteiger partial charge >= 0.3 is 5.97 Å². The Hall–Kier alpha value is -3.32. The van der Waals surface area contributed by atoms with Gasteiger partial charge in [-0.2, -0.15) is 5.26 Å². The Balaban J connectivity index is 1.65. The smallest absolute Gasteiger partial charge is 0.343 e. The van der Waals surface area contributed by atoms with E-state index in [0.29, 0.717) is 23.5 Å². The number of nitriles is 1. The summed E-state index contributed by atoms with van der Waals surface area (Å²) in [5, 5.41) is 10.8. The number of nitrogens with zero attached hydrogens (tertiary/aromatic N) is 1. The first-order chi connectivity index (χ1) is 14.1. The predicted octanol–water partition coefficient (Wildman–Crippen LogP) is 6.20. The number of carbonyl (C=O) groups excluding carboxylic acids is 1. The van der Waals surface area contributed by atoms with E-state index >= 15 is 0 Å². The van der Waals surface area contributed by atoms with Crippen LogP contribution in [0.1, 0.15) is 54.1 Å². The lowest BCUT2D eigenvalue weighted by atomic mass is 10.1. The number of carbonyl (C=O) groups is 1. The third kappa shape index (κ3) is 5.36. The molecule has 0 fully saturated rings. The minimum absolute atomic E-state index is 0.398. The van der Waals surface area contributed by atoms with Crippen molar-refractivity contribution in [2.75, 3.05) is 6.61 Å². The summed E-state index contributed by atoms with van der Waals surface area (Å²) in [5.74, 6) is 0.849. The number of fused-ring (bicyclic) bond motifs is 1. The first-order valence-electron chi connectivity index (χ1n) is 10.00. The zero-order chi connectivity index (χ0) is 20.6. The lowest BCUT2D eigenvalue weighted by Crippen LogP contribution is -2.10. The van der Waals surface area contributed by atoms with Crippen LogP contribution in [0.2, 0.25) is 0 Å². The van der Waals surface area contributed by atoms with Crippen molar-refractivity contribution in [2.24, 2.45) is 0 Å². The molecule has 0 unspecified atom stereocenters. The molecule has 0 saturated carbocycles. The van der Waals surface area contributed by atoms with Crippen molar-refractivity contribution in [3.63, 3.8) is 0 Å². The molecule has 0 heterocycles. The van der Waals surface area contributed by atoms with Crippen LogP contribution >= 0.6 is 0 Å². The van der Waals surface area contributed by atoms with Crippen LogP contribution in [0, 0.1) is 18.3 Å². The normalized spacial score (nSPS) is 10.5. The van der Waals surface area contributed by atoms with E-state index in [9.17, 15) is 4.79 Å². The summed E-state index contributed by atoms with van der Waals surface area (Å²) < 4.78 is 11.3. The van der Waals surface area contributed by atoms with Crippen molar-refractivity contribution in [1.82, 2.24) is 0 Å². The van der Waals surface area contributed by atoms with Crippen molar-refractivity contribution >= 4 is 16.7 Å². The summed E-state index contributed by atoms with van der Waals surface area (Å²) in [6.45, 7) is 4.75. The quantitative estimate of drug-likeness (QED) is 0.262. The number of benzene rings is 3. The van der Waals surface area contributed by atoms with Crippen LogP contribution in [0.5, 0.6) is 11.5 Å². The third-order valence-electron chi connectivity index (χ3n) is 4.84. The third-order valence-corrected chi connectivity index (χ3v) is 4.84. The van der Waals surface area contributed by atoms with Crippen molar-refractivity contribution in [1.29, 1.82) is 5.26 Å². The second kappa shape index (κ2) is 9.75. The standard InChI is InChI=1S/C25H25NO3/c1-3-4-5-6-13-28-22-11-12-24(18(2)14-22)25(27)29-23-10-9-20-15-19(17-26)7-8-21(20)16-23/h7-12,14-16H,3-6,13H2,1-2H3. The molecule has 0 aromatic heterocycles.